The molecule has 0 aliphatic rings. The van der Waals surface area contributed by atoms with E-state index in [4.69, 9.17) is 4.74 Å². The summed E-state index contributed by atoms with van der Waals surface area (Å²) in [5, 5.41) is 3.51. The molecule has 1 aromatic rings. The van der Waals surface area contributed by atoms with Crippen molar-refractivity contribution in [1.29, 1.82) is 0 Å². The Kier molecular flexibility index (Phi) is 7.55. The molecule has 0 saturated heterocycles. The number of aromatic nitrogens is 1. The minimum absolute atomic E-state index is 0.429. The van der Waals surface area contributed by atoms with Gasteiger partial charge >= 0.3 is 0 Å². The molecule has 0 aliphatic heterocycles. The highest BCUT2D eigenvalue weighted by molar-refractivity contribution is 5.52. The molecule has 0 aromatic carbocycles. The van der Waals surface area contributed by atoms with Crippen LogP contribution in [0.4, 0.5) is 5.69 Å². The third-order valence-corrected chi connectivity index (χ3v) is 3.22. The van der Waals surface area contributed by atoms with Crippen LogP contribution in [0.1, 0.15) is 33.3 Å². The van der Waals surface area contributed by atoms with E-state index in [9.17, 15) is 0 Å². The Morgan fingerprint density at radius 3 is 2.65 bits per heavy atom. The number of nitrogens with zero attached hydrogens (tertiary/aromatic N) is 2. The van der Waals surface area contributed by atoms with Crippen molar-refractivity contribution in [2.75, 3.05) is 31.7 Å². The summed E-state index contributed by atoms with van der Waals surface area (Å²) in [5.74, 6) is 0.662. The predicted molar refractivity (Wildman–Crippen MR) is 85.1 cm³/mol. The molecule has 1 heterocycles. The van der Waals surface area contributed by atoms with Crippen molar-refractivity contribution in [1.82, 2.24) is 10.3 Å². The Hall–Kier alpha value is -1.13. The lowest BCUT2D eigenvalue weighted by atomic mass is 10.1. The van der Waals surface area contributed by atoms with E-state index < -0.39 is 0 Å². The van der Waals surface area contributed by atoms with Crippen molar-refractivity contribution in [2.24, 2.45) is 5.92 Å². The standard InChI is InChI=1S/C16H29N3O/c1-13(2)10-18-11-15-6-7-17-12-16(15)19(14(3)4)8-9-20-5/h6-7,12-14,18H,8-11H2,1-5H3. The monoisotopic (exact) mass is 279 g/mol. The number of pyridine rings is 1. The molecule has 4 nitrogen and oxygen atoms in total. The molecule has 0 saturated carbocycles. The van der Waals surface area contributed by atoms with Gasteiger partial charge in [0.1, 0.15) is 0 Å². The molecular formula is C16H29N3O. The maximum absolute atomic E-state index is 5.22. The highest BCUT2D eigenvalue weighted by Crippen LogP contribution is 2.21. The van der Waals surface area contributed by atoms with Crippen LogP contribution < -0.4 is 10.2 Å². The van der Waals surface area contributed by atoms with E-state index in [2.05, 4.69) is 49.0 Å². The first kappa shape index (κ1) is 16.9. The fourth-order valence-corrected chi connectivity index (χ4v) is 2.17. The molecule has 20 heavy (non-hydrogen) atoms. The van der Waals surface area contributed by atoms with Crippen molar-refractivity contribution in [3.05, 3.63) is 24.0 Å². The zero-order valence-electron chi connectivity index (χ0n) is 13.5. The number of hydrogen-bond donors (Lipinski definition) is 1. The van der Waals surface area contributed by atoms with Gasteiger partial charge in [-0.15, -0.1) is 0 Å². The summed E-state index contributed by atoms with van der Waals surface area (Å²) in [6.45, 7) is 12.4. The van der Waals surface area contributed by atoms with Gasteiger partial charge in [0.05, 0.1) is 18.5 Å². The van der Waals surface area contributed by atoms with Gasteiger partial charge in [-0.25, -0.2) is 0 Å². The number of hydrogen-bond acceptors (Lipinski definition) is 4. The molecule has 1 rings (SSSR count). The second-order valence-electron chi connectivity index (χ2n) is 5.81. The van der Waals surface area contributed by atoms with E-state index in [1.165, 1.54) is 11.3 Å². The number of anilines is 1. The van der Waals surface area contributed by atoms with Crippen LogP contribution >= 0.6 is 0 Å². The molecule has 0 spiro atoms. The lowest BCUT2D eigenvalue weighted by Gasteiger charge is -2.30. The zero-order valence-corrected chi connectivity index (χ0v) is 13.5. The van der Waals surface area contributed by atoms with Gasteiger partial charge in [0, 0.05) is 32.4 Å². The molecule has 1 aromatic heterocycles. The van der Waals surface area contributed by atoms with Crippen LogP contribution in [-0.4, -0.2) is 37.8 Å². The lowest BCUT2D eigenvalue weighted by molar-refractivity contribution is 0.203. The van der Waals surface area contributed by atoms with Crippen molar-refractivity contribution in [3.63, 3.8) is 0 Å². The highest BCUT2D eigenvalue weighted by atomic mass is 16.5. The number of ether oxygens (including phenoxy) is 1. The number of rotatable bonds is 9. The van der Waals surface area contributed by atoms with Crippen LogP contribution in [0.3, 0.4) is 0 Å². The van der Waals surface area contributed by atoms with E-state index in [1.54, 1.807) is 7.11 Å². The van der Waals surface area contributed by atoms with E-state index in [-0.39, 0.29) is 0 Å². The largest absolute Gasteiger partial charge is 0.383 e. The topological polar surface area (TPSA) is 37.4 Å². The van der Waals surface area contributed by atoms with Crippen LogP contribution in [-0.2, 0) is 11.3 Å². The summed E-state index contributed by atoms with van der Waals surface area (Å²) >= 11 is 0. The average molecular weight is 279 g/mol. The number of nitrogens with one attached hydrogen (secondary N) is 1. The van der Waals surface area contributed by atoms with E-state index in [0.29, 0.717) is 12.0 Å². The summed E-state index contributed by atoms with van der Waals surface area (Å²) in [7, 11) is 1.74. The minimum Gasteiger partial charge on any atom is -0.383 e. The Morgan fingerprint density at radius 1 is 1.30 bits per heavy atom. The quantitative estimate of drug-likeness (QED) is 0.754. The molecule has 0 bridgehead atoms. The van der Waals surface area contributed by atoms with Gasteiger partial charge in [0.15, 0.2) is 0 Å². The molecule has 0 aliphatic carbocycles. The summed E-state index contributed by atoms with van der Waals surface area (Å²) in [5.41, 5.74) is 2.50. The SMILES string of the molecule is COCCN(c1cnccc1CNCC(C)C)C(C)C. The van der Waals surface area contributed by atoms with Gasteiger partial charge in [-0.1, -0.05) is 13.8 Å². The van der Waals surface area contributed by atoms with Crippen molar-refractivity contribution >= 4 is 5.69 Å². The van der Waals surface area contributed by atoms with Crippen LogP contribution in [0.25, 0.3) is 0 Å². The van der Waals surface area contributed by atoms with Gasteiger partial charge < -0.3 is 15.0 Å². The maximum Gasteiger partial charge on any atom is 0.0637 e. The Morgan fingerprint density at radius 2 is 2.05 bits per heavy atom. The van der Waals surface area contributed by atoms with Crippen LogP contribution in [0.2, 0.25) is 0 Å². The highest BCUT2D eigenvalue weighted by Gasteiger charge is 2.14. The predicted octanol–water partition coefficient (Wildman–Crippen LogP) is 2.69. The van der Waals surface area contributed by atoms with Gasteiger partial charge in [-0.2, -0.15) is 0 Å². The molecule has 0 unspecified atom stereocenters. The molecule has 4 heteroatoms. The van der Waals surface area contributed by atoms with Crippen LogP contribution in [0.15, 0.2) is 18.5 Å². The maximum atomic E-state index is 5.22. The van der Waals surface area contributed by atoms with E-state index in [0.717, 1.165) is 26.2 Å². The lowest BCUT2D eigenvalue weighted by Crippen LogP contribution is -2.35. The Bertz CT molecular complexity index is 380. The zero-order chi connectivity index (χ0) is 15.0. The van der Waals surface area contributed by atoms with Crippen molar-refractivity contribution in [2.45, 2.75) is 40.3 Å². The van der Waals surface area contributed by atoms with E-state index >= 15 is 0 Å². The summed E-state index contributed by atoms with van der Waals surface area (Å²) in [6.07, 6.45) is 3.83. The normalized spacial score (nSPS) is 11.3. The molecule has 0 atom stereocenters. The Balaban J connectivity index is 2.80. The molecular weight excluding hydrogens is 250 g/mol. The molecule has 1 N–H and O–H groups in total. The fraction of sp³-hybridized carbons (Fsp3) is 0.688. The van der Waals surface area contributed by atoms with Crippen LogP contribution in [0, 0.1) is 5.92 Å². The minimum atomic E-state index is 0.429. The van der Waals surface area contributed by atoms with Crippen molar-refractivity contribution in [3.8, 4) is 0 Å². The van der Waals surface area contributed by atoms with Crippen molar-refractivity contribution < 1.29 is 4.74 Å². The summed E-state index contributed by atoms with van der Waals surface area (Å²) < 4.78 is 5.22. The molecule has 0 radical (unpaired) electrons. The second-order valence-corrected chi connectivity index (χ2v) is 5.81. The summed E-state index contributed by atoms with van der Waals surface area (Å²) in [4.78, 5) is 6.64. The molecule has 0 amide bonds. The number of methoxy groups -OCH3 is 1. The fourth-order valence-electron chi connectivity index (χ4n) is 2.17. The van der Waals surface area contributed by atoms with Crippen LogP contribution in [0.5, 0.6) is 0 Å². The third-order valence-electron chi connectivity index (χ3n) is 3.22. The first-order chi connectivity index (χ1) is 9.56. The van der Waals surface area contributed by atoms with Gasteiger partial charge in [0.2, 0.25) is 0 Å². The summed E-state index contributed by atoms with van der Waals surface area (Å²) in [6, 6.07) is 2.53. The second kappa shape index (κ2) is 8.93. The molecule has 0 fully saturated rings. The Labute approximate surface area is 123 Å². The van der Waals surface area contributed by atoms with Gasteiger partial charge in [-0.05, 0) is 37.9 Å². The van der Waals surface area contributed by atoms with Gasteiger partial charge in [0.25, 0.3) is 0 Å². The molecule has 114 valence electrons. The smallest absolute Gasteiger partial charge is 0.0637 e. The van der Waals surface area contributed by atoms with E-state index in [1.807, 2.05) is 12.4 Å². The van der Waals surface area contributed by atoms with Gasteiger partial charge in [-0.3, -0.25) is 4.98 Å². The first-order valence-electron chi connectivity index (χ1n) is 7.45. The first-order valence-corrected chi connectivity index (χ1v) is 7.45. The average Bonchev–Trinajstić information content (AvgIpc) is 2.40. The third kappa shape index (κ3) is 5.47.